The summed E-state index contributed by atoms with van der Waals surface area (Å²) in [4.78, 5) is 24.6. The number of carbonyl (C=O) groups is 2. The number of hydrogen-bond acceptors (Lipinski definition) is 4. The van der Waals surface area contributed by atoms with Gasteiger partial charge in [0.05, 0.1) is 11.4 Å². The zero-order valence-corrected chi connectivity index (χ0v) is 15.4. The van der Waals surface area contributed by atoms with Crippen molar-refractivity contribution < 1.29 is 26.8 Å². The van der Waals surface area contributed by atoms with E-state index in [1.54, 1.807) is 0 Å². The number of sulfonamides is 1. The van der Waals surface area contributed by atoms with Crippen LogP contribution in [-0.2, 0) is 19.6 Å². The van der Waals surface area contributed by atoms with Crippen molar-refractivity contribution in [3.63, 3.8) is 0 Å². The standard InChI is InChI=1S/C18H17F2N3O4S/c19-15-8-7-14(10-16(15)20)28(26,27)22-13-5-3-12(4-6-13)21-17(24)11-23-9-1-2-18(23)25/h3-8,10,22H,1-2,9,11H2,(H,21,24). The Balaban J connectivity index is 1.62. The number of nitrogens with one attached hydrogen (secondary N) is 2. The molecule has 7 nitrogen and oxygen atoms in total. The Kier molecular flexibility index (Phi) is 5.59. The zero-order chi connectivity index (χ0) is 20.3. The molecule has 0 bridgehead atoms. The van der Waals surface area contributed by atoms with Gasteiger partial charge < -0.3 is 10.2 Å². The van der Waals surface area contributed by atoms with Crippen LogP contribution in [0.4, 0.5) is 20.2 Å². The van der Waals surface area contributed by atoms with Crippen LogP contribution in [0.25, 0.3) is 0 Å². The third-order valence-electron chi connectivity index (χ3n) is 4.13. The highest BCUT2D eigenvalue weighted by atomic mass is 32.2. The highest BCUT2D eigenvalue weighted by Crippen LogP contribution is 2.20. The third kappa shape index (κ3) is 4.63. The lowest BCUT2D eigenvalue weighted by Gasteiger charge is -2.15. The summed E-state index contributed by atoms with van der Waals surface area (Å²) in [5.74, 6) is -2.82. The summed E-state index contributed by atoms with van der Waals surface area (Å²) in [6.07, 6.45) is 1.18. The first-order valence-corrected chi connectivity index (χ1v) is 9.88. The average Bonchev–Trinajstić information content (AvgIpc) is 3.03. The number of benzene rings is 2. The van der Waals surface area contributed by atoms with Crippen LogP contribution in [0.3, 0.4) is 0 Å². The van der Waals surface area contributed by atoms with E-state index in [0.29, 0.717) is 24.7 Å². The summed E-state index contributed by atoms with van der Waals surface area (Å²) in [5.41, 5.74) is 0.602. The van der Waals surface area contributed by atoms with Crippen LogP contribution in [-0.4, -0.2) is 38.2 Å². The molecular weight excluding hydrogens is 392 g/mol. The Morgan fingerprint density at radius 1 is 1.04 bits per heavy atom. The summed E-state index contributed by atoms with van der Waals surface area (Å²) >= 11 is 0. The molecule has 2 aromatic carbocycles. The Morgan fingerprint density at radius 3 is 2.32 bits per heavy atom. The van der Waals surface area contributed by atoms with Crippen molar-refractivity contribution in [3.8, 4) is 0 Å². The van der Waals surface area contributed by atoms with Gasteiger partial charge in [-0.2, -0.15) is 0 Å². The summed E-state index contributed by atoms with van der Waals surface area (Å²) < 4.78 is 53.0. The molecule has 148 valence electrons. The van der Waals surface area contributed by atoms with Crippen molar-refractivity contribution >= 4 is 33.2 Å². The van der Waals surface area contributed by atoms with Gasteiger partial charge in [0, 0.05) is 24.3 Å². The lowest BCUT2D eigenvalue weighted by molar-refractivity contribution is -0.131. The van der Waals surface area contributed by atoms with Gasteiger partial charge in [-0.1, -0.05) is 0 Å². The number of hydrogen-bond donors (Lipinski definition) is 2. The first kappa shape index (κ1) is 19.7. The van der Waals surface area contributed by atoms with Crippen LogP contribution in [0.15, 0.2) is 47.4 Å². The van der Waals surface area contributed by atoms with E-state index in [-0.39, 0.29) is 24.0 Å². The van der Waals surface area contributed by atoms with Crippen molar-refractivity contribution in [2.75, 3.05) is 23.1 Å². The fourth-order valence-corrected chi connectivity index (χ4v) is 3.79. The molecule has 0 radical (unpaired) electrons. The average molecular weight is 409 g/mol. The van der Waals surface area contributed by atoms with Gasteiger partial charge in [0.15, 0.2) is 11.6 Å². The smallest absolute Gasteiger partial charge is 0.261 e. The maximum Gasteiger partial charge on any atom is 0.261 e. The highest BCUT2D eigenvalue weighted by Gasteiger charge is 2.22. The van der Waals surface area contributed by atoms with Gasteiger partial charge in [0.1, 0.15) is 0 Å². The normalized spacial score (nSPS) is 14.2. The number of carbonyl (C=O) groups excluding carboxylic acids is 2. The molecule has 1 saturated heterocycles. The Bertz CT molecular complexity index is 1010. The summed E-state index contributed by atoms with van der Waals surface area (Å²) in [6.45, 7) is 0.514. The molecule has 0 aliphatic carbocycles. The van der Waals surface area contributed by atoms with Gasteiger partial charge in [0.25, 0.3) is 10.0 Å². The quantitative estimate of drug-likeness (QED) is 0.766. The molecule has 0 saturated carbocycles. The summed E-state index contributed by atoms with van der Waals surface area (Å²) in [5, 5.41) is 2.62. The molecule has 3 rings (SSSR count). The second-order valence-electron chi connectivity index (χ2n) is 6.23. The highest BCUT2D eigenvalue weighted by molar-refractivity contribution is 7.92. The molecule has 0 spiro atoms. The zero-order valence-electron chi connectivity index (χ0n) is 14.6. The van der Waals surface area contributed by atoms with Crippen molar-refractivity contribution in [2.45, 2.75) is 17.7 Å². The number of halogens is 2. The SMILES string of the molecule is O=C(CN1CCCC1=O)Nc1ccc(NS(=O)(=O)c2ccc(F)c(F)c2)cc1. The Hall–Kier alpha value is -3.01. The molecule has 10 heteroatoms. The van der Waals surface area contributed by atoms with E-state index in [0.717, 1.165) is 18.6 Å². The first-order valence-electron chi connectivity index (χ1n) is 8.40. The van der Waals surface area contributed by atoms with E-state index >= 15 is 0 Å². The molecule has 1 heterocycles. The largest absolute Gasteiger partial charge is 0.333 e. The minimum atomic E-state index is -4.10. The van der Waals surface area contributed by atoms with Crippen LogP contribution >= 0.6 is 0 Å². The number of rotatable bonds is 6. The van der Waals surface area contributed by atoms with Crippen molar-refractivity contribution in [2.24, 2.45) is 0 Å². The fraction of sp³-hybridized carbons (Fsp3) is 0.222. The van der Waals surface area contributed by atoms with Gasteiger partial charge in [-0.3, -0.25) is 14.3 Å². The molecule has 2 N–H and O–H groups in total. The van der Waals surface area contributed by atoms with Crippen LogP contribution in [0.5, 0.6) is 0 Å². The van der Waals surface area contributed by atoms with Crippen LogP contribution in [0.2, 0.25) is 0 Å². The predicted molar refractivity (Wildman–Crippen MR) is 98.1 cm³/mol. The second-order valence-corrected chi connectivity index (χ2v) is 7.91. The minimum Gasteiger partial charge on any atom is -0.333 e. The fourth-order valence-electron chi connectivity index (χ4n) is 2.72. The van der Waals surface area contributed by atoms with E-state index < -0.39 is 26.6 Å². The maximum absolute atomic E-state index is 13.3. The third-order valence-corrected chi connectivity index (χ3v) is 5.51. The van der Waals surface area contributed by atoms with Crippen LogP contribution < -0.4 is 10.0 Å². The molecule has 1 aliphatic heterocycles. The number of nitrogens with zero attached hydrogens (tertiary/aromatic N) is 1. The van der Waals surface area contributed by atoms with E-state index in [4.69, 9.17) is 0 Å². The summed E-state index contributed by atoms with van der Waals surface area (Å²) in [7, 11) is -4.10. The molecule has 28 heavy (non-hydrogen) atoms. The lowest BCUT2D eigenvalue weighted by Crippen LogP contribution is -2.33. The number of anilines is 2. The van der Waals surface area contributed by atoms with Crippen molar-refractivity contribution in [1.29, 1.82) is 0 Å². The van der Waals surface area contributed by atoms with Gasteiger partial charge >= 0.3 is 0 Å². The topological polar surface area (TPSA) is 95.6 Å². The van der Waals surface area contributed by atoms with Gasteiger partial charge in [0.2, 0.25) is 11.8 Å². The summed E-state index contributed by atoms with van der Waals surface area (Å²) in [6, 6.07) is 8.05. The van der Waals surface area contributed by atoms with Gasteiger partial charge in [-0.05, 0) is 48.9 Å². The monoisotopic (exact) mass is 409 g/mol. The molecule has 2 aromatic rings. The minimum absolute atomic E-state index is 0.0383. The predicted octanol–water partition coefficient (Wildman–Crippen LogP) is 2.33. The van der Waals surface area contributed by atoms with Gasteiger partial charge in [-0.15, -0.1) is 0 Å². The molecule has 0 aromatic heterocycles. The van der Waals surface area contributed by atoms with Crippen molar-refractivity contribution in [3.05, 3.63) is 54.1 Å². The Labute approximate surface area is 160 Å². The van der Waals surface area contributed by atoms with E-state index in [1.165, 1.54) is 29.2 Å². The molecule has 0 atom stereocenters. The molecular formula is C18H17F2N3O4S. The van der Waals surface area contributed by atoms with Crippen LogP contribution in [0.1, 0.15) is 12.8 Å². The maximum atomic E-state index is 13.3. The molecule has 1 aliphatic rings. The molecule has 2 amide bonds. The van der Waals surface area contributed by atoms with Crippen molar-refractivity contribution in [1.82, 2.24) is 4.90 Å². The van der Waals surface area contributed by atoms with E-state index in [1.807, 2.05) is 0 Å². The molecule has 0 unspecified atom stereocenters. The number of likely N-dealkylation sites (tertiary alicyclic amines) is 1. The van der Waals surface area contributed by atoms with Gasteiger partial charge in [-0.25, -0.2) is 17.2 Å². The molecule has 1 fully saturated rings. The number of amides is 2. The van der Waals surface area contributed by atoms with Crippen LogP contribution in [0, 0.1) is 11.6 Å². The van der Waals surface area contributed by atoms with E-state index in [9.17, 15) is 26.8 Å². The Morgan fingerprint density at radius 2 is 1.71 bits per heavy atom. The first-order chi connectivity index (χ1) is 13.2. The lowest BCUT2D eigenvalue weighted by atomic mass is 10.3. The van der Waals surface area contributed by atoms with E-state index in [2.05, 4.69) is 10.0 Å². The second kappa shape index (κ2) is 7.93.